The largest absolute Gasteiger partial charge is 0.463 e. The molecular formula is C9H7N7O2. The van der Waals surface area contributed by atoms with Crippen LogP contribution in [0.25, 0.3) is 17.5 Å². The van der Waals surface area contributed by atoms with E-state index in [0.717, 1.165) is 0 Å². The highest BCUT2D eigenvalue weighted by Crippen LogP contribution is 2.13. The van der Waals surface area contributed by atoms with E-state index in [9.17, 15) is 4.79 Å². The number of nitrogens with one attached hydrogen (secondary N) is 1. The fourth-order valence-corrected chi connectivity index (χ4v) is 1.49. The molecule has 0 unspecified atom stereocenters. The maximum Gasteiger partial charge on any atom is 0.434 e. The number of nitrogens with zero attached hydrogens (tertiary/aromatic N) is 6. The summed E-state index contributed by atoms with van der Waals surface area (Å²) in [5.74, 6) is 0.694. The zero-order chi connectivity index (χ0) is 12.5. The highest BCUT2D eigenvalue weighted by molar-refractivity contribution is 5.72. The summed E-state index contributed by atoms with van der Waals surface area (Å²) in [6, 6.07) is 3.68. The summed E-state index contributed by atoms with van der Waals surface area (Å²) in [6.07, 6.45) is 3.62. The van der Waals surface area contributed by atoms with Gasteiger partial charge >= 0.3 is 6.09 Å². The fourth-order valence-electron chi connectivity index (χ4n) is 1.49. The first-order valence-corrected chi connectivity index (χ1v) is 4.96. The van der Waals surface area contributed by atoms with Gasteiger partial charge in [0.1, 0.15) is 5.69 Å². The second-order valence-corrected chi connectivity index (χ2v) is 3.39. The van der Waals surface area contributed by atoms with Crippen molar-refractivity contribution < 1.29 is 9.90 Å². The summed E-state index contributed by atoms with van der Waals surface area (Å²) in [5.41, 5.74) is 0.206. The second-order valence-electron chi connectivity index (χ2n) is 3.39. The molecular weight excluding hydrogens is 238 g/mol. The molecule has 0 aliphatic carbocycles. The van der Waals surface area contributed by atoms with Crippen molar-refractivity contribution in [3.05, 3.63) is 30.7 Å². The van der Waals surface area contributed by atoms with E-state index in [2.05, 4.69) is 25.5 Å². The van der Waals surface area contributed by atoms with Crippen molar-refractivity contribution in [2.45, 2.75) is 0 Å². The Hall–Kier alpha value is -2.97. The maximum atomic E-state index is 10.9. The first-order chi connectivity index (χ1) is 8.75. The minimum Gasteiger partial charge on any atom is -0.463 e. The Balaban J connectivity index is 2.03. The van der Waals surface area contributed by atoms with Crippen LogP contribution in [0, 0.1) is 0 Å². The van der Waals surface area contributed by atoms with Crippen molar-refractivity contribution in [2.75, 3.05) is 0 Å². The van der Waals surface area contributed by atoms with Gasteiger partial charge in [-0.05, 0) is 12.1 Å². The normalized spacial score (nSPS) is 10.7. The molecule has 0 aliphatic heterocycles. The smallest absolute Gasteiger partial charge is 0.434 e. The summed E-state index contributed by atoms with van der Waals surface area (Å²) >= 11 is 0. The van der Waals surface area contributed by atoms with Gasteiger partial charge in [-0.1, -0.05) is 5.21 Å². The van der Waals surface area contributed by atoms with Crippen LogP contribution in [0.1, 0.15) is 0 Å². The lowest BCUT2D eigenvalue weighted by atomic mass is 10.4. The average molecular weight is 245 g/mol. The topological polar surface area (TPSA) is 115 Å². The van der Waals surface area contributed by atoms with E-state index < -0.39 is 6.09 Å². The zero-order valence-corrected chi connectivity index (χ0v) is 8.93. The van der Waals surface area contributed by atoms with Crippen molar-refractivity contribution in [3.63, 3.8) is 0 Å². The molecule has 0 saturated heterocycles. The standard InChI is InChI=1S/C9H7N7O2/c17-9(18)16-6(5-10-14-16)7-11-8(13-12-7)15-3-1-2-4-15/h1-5H,(H,17,18)(H,11,12,13). The number of hydrogen-bond acceptors (Lipinski definition) is 5. The minimum absolute atomic E-state index is 0.206. The molecule has 2 N–H and O–H groups in total. The Kier molecular flexibility index (Phi) is 2.15. The van der Waals surface area contributed by atoms with Crippen molar-refractivity contribution in [2.24, 2.45) is 0 Å². The molecule has 0 spiro atoms. The van der Waals surface area contributed by atoms with E-state index >= 15 is 0 Å². The molecule has 0 aromatic carbocycles. The van der Waals surface area contributed by atoms with Gasteiger partial charge in [-0.3, -0.25) is 4.57 Å². The molecule has 3 aromatic heterocycles. The Morgan fingerprint density at radius 1 is 1.33 bits per heavy atom. The Morgan fingerprint density at radius 3 is 2.83 bits per heavy atom. The Labute approximate surface area is 99.7 Å². The number of carbonyl (C=O) groups is 1. The molecule has 0 saturated carbocycles. The van der Waals surface area contributed by atoms with Crippen LogP contribution in [0.5, 0.6) is 0 Å². The van der Waals surface area contributed by atoms with Gasteiger partial charge in [-0.15, -0.1) is 9.78 Å². The SMILES string of the molecule is O=C(O)n1nncc1-c1n[nH]c(-n2cccc2)n1. The Morgan fingerprint density at radius 2 is 2.11 bits per heavy atom. The molecule has 3 aromatic rings. The van der Waals surface area contributed by atoms with E-state index in [4.69, 9.17) is 5.11 Å². The van der Waals surface area contributed by atoms with Crippen LogP contribution in [0.15, 0.2) is 30.7 Å². The zero-order valence-electron chi connectivity index (χ0n) is 8.93. The number of aromatic nitrogens is 7. The van der Waals surface area contributed by atoms with E-state index in [1.807, 2.05) is 12.1 Å². The third-order valence-electron chi connectivity index (χ3n) is 2.28. The molecule has 0 radical (unpaired) electrons. The van der Waals surface area contributed by atoms with Crippen LogP contribution >= 0.6 is 0 Å². The van der Waals surface area contributed by atoms with E-state index in [1.165, 1.54) is 6.20 Å². The molecule has 3 heterocycles. The summed E-state index contributed by atoms with van der Waals surface area (Å²) in [5, 5.41) is 22.5. The van der Waals surface area contributed by atoms with Gasteiger partial charge in [0.05, 0.1) is 6.20 Å². The van der Waals surface area contributed by atoms with Gasteiger partial charge in [0, 0.05) is 12.4 Å². The molecule has 0 aliphatic rings. The molecule has 3 rings (SSSR count). The van der Waals surface area contributed by atoms with Gasteiger partial charge in [-0.2, -0.15) is 10.1 Å². The molecule has 18 heavy (non-hydrogen) atoms. The van der Waals surface area contributed by atoms with Crippen molar-refractivity contribution in [1.29, 1.82) is 0 Å². The third-order valence-corrected chi connectivity index (χ3v) is 2.28. The molecule has 9 nitrogen and oxygen atoms in total. The van der Waals surface area contributed by atoms with Crippen LogP contribution in [0.3, 0.4) is 0 Å². The number of aromatic amines is 1. The fraction of sp³-hybridized carbons (Fsp3) is 0. The van der Waals surface area contributed by atoms with Gasteiger partial charge in [-0.25, -0.2) is 9.89 Å². The lowest BCUT2D eigenvalue weighted by Crippen LogP contribution is -2.11. The molecule has 0 bridgehead atoms. The quantitative estimate of drug-likeness (QED) is 0.674. The number of H-pyrrole nitrogens is 1. The van der Waals surface area contributed by atoms with Crippen molar-refractivity contribution in [3.8, 4) is 17.5 Å². The molecule has 90 valence electrons. The van der Waals surface area contributed by atoms with Gasteiger partial charge in [0.25, 0.3) is 0 Å². The van der Waals surface area contributed by atoms with E-state index in [0.29, 0.717) is 10.6 Å². The lowest BCUT2D eigenvalue weighted by Gasteiger charge is -1.95. The average Bonchev–Trinajstić information content (AvgIpc) is 3.10. The maximum absolute atomic E-state index is 10.9. The monoisotopic (exact) mass is 245 g/mol. The predicted octanol–water partition coefficient (Wildman–Crippen LogP) is 0.380. The number of carboxylic acid groups (broad SMARTS) is 1. The summed E-state index contributed by atoms with van der Waals surface area (Å²) < 4.78 is 2.42. The van der Waals surface area contributed by atoms with Gasteiger partial charge < -0.3 is 5.11 Å². The lowest BCUT2D eigenvalue weighted by molar-refractivity contribution is 0.192. The van der Waals surface area contributed by atoms with Gasteiger partial charge in [0.2, 0.25) is 11.8 Å². The van der Waals surface area contributed by atoms with E-state index in [-0.39, 0.29) is 11.5 Å². The van der Waals surface area contributed by atoms with Crippen LogP contribution in [-0.4, -0.2) is 45.9 Å². The summed E-state index contributed by atoms with van der Waals surface area (Å²) in [4.78, 5) is 15.1. The second kappa shape index (κ2) is 3.80. The van der Waals surface area contributed by atoms with Crippen molar-refractivity contribution >= 4 is 6.09 Å². The highest BCUT2D eigenvalue weighted by atomic mass is 16.4. The molecule has 0 atom stereocenters. The van der Waals surface area contributed by atoms with Gasteiger partial charge in [0.15, 0.2) is 0 Å². The summed E-state index contributed by atoms with van der Waals surface area (Å²) in [6.45, 7) is 0. The van der Waals surface area contributed by atoms with Crippen LogP contribution < -0.4 is 0 Å². The van der Waals surface area contributed by atoms with Crippen LogP contribution in [0.2, 0.25) is 0 Å². The van der Waals surface area contributed by atoms with Crippen molar-refractivity contribution in [1.82, 2.24) is 34.7 Å². The Bertz CT molecular complexity index is 681. The molecule has 0 amide bonds. The number of rotatable bonds is 2. The number of hydrogen-bond donors (Lipinski definition) is 2. The van der Waals surface area contributed by atoms with E-state index in [1.54, 1.807) is 17.0 Å². The first-order valence-electron chi connectivity index (χ1n) is 4.96. The third kappa shape index (κ3) is 1.54. The minimum atomic E-state index is -1.24. The highest BCUT2D eigenvalue weighted by Gasteiger charge is 2.16. The van der Waals surface area contributed by atoms with Crippen LogP contribution in [-0.2, 0) is 0 Å². The predicted molar refractivity (Wildman–Crippen MR) is 58.1 cm³/mol. The van der Waals surface area contributed by atoms with Crippen LogP contribution in [0.4, 0.5) is 4.79 Å². The molecule has 0 fully saturated rings. The first kappa shape index (κ1) is 10.2. The summed E-state index contributed by atoms with van der Waals surface area (Å²) in [7, 11) is 0. The molecule has 9 heteroatoms.